The summed E-state index contributed by atoms with van der Waals surface area (Å²) >= 11 is 0. The molecule has 4 unspecified atom stereocenters. The number of halogens is 5. The van der Waals surface area contributed by atoms with E-state index in [1.165, 1.54) is 24.4 Å². The van der Waals surface area contributed by atoms with Gasteiger partial charge in [-0.1, -0.05) is 24.3 Å². The normalized spacial score (nSPS) is 17.2. The van der Waals surface area contributed by atoms with Gasteiger partial charge in [-0.25, -0.2) is 13.8 Å². The number of piperazine rings is 1. The van der Waals surface area contributed by atoms with Crippen molar-refractivity contribution in [2.75, 3.05) is 36.0 Å². The number of anilines is 2. The maximum atomic E-state index is 14.7. The van der Waals surface area contributed by atoms with Crippen molar-refractivity contribution >= 4 is 11.5 Å². The molecule has 0 spiro atoms. The zero-order valence-corrected chi connectivity index (χ0v) is 21.4. The zero-order valence-electron chi connectivity index (χ0n) is 21.4. The second kappa shape index (κ2) is 11.7. The van der Waals surface area contributed by atoms with Gasteiger partial charge in [-0.3, -0.25) is 4.98 Å². The van der Waals surface area contributed by atoms with Crippen LogP contribution < -0.4 is 9.80 Å². The molecule has 4 atom stereocenters. The molecule has 10 nitrogen and oxygen atoms in total. The lowest BCUT2D eigenvalue weighted by molar-refractivity contribution is -0.206. The first-order chi connectivity index (χ1) is 19.6. The van der Waals surface area contributed by atoms with Gasteiger partial charge in [0.15, 0.2) is 12.3 Å². The quantitative estimate of drug-likeness (QED) is 0.304. The maximum absolute atomic E-state index is 14.7. The average molecular weight is 577 g/mol. The molecule has 1 aromatic carbocycles. The summed E-state index contributed by atoms with van der Waals surface area (Å²) in [4.78, 5) is 12.3. The van der Waals surface area contributed by atoms with E-state index >= 15 is 0 Å². The second-order valence-electron chi connectivity index (χ2n) is 9.44. The number of rotatable bonds is 8. The van der Waals surface area contributed by atoms with Gasteiger partial charge < -0.3 is 20.0 Å². The Hall–Kier alpha value is -4.24. The molecule has 4 aromatic rings. The highest BCUT2D eigenvalue weighted by Crippen LogP contribution is 2.33. The molecule has 0 saturated carbocycles. The van der Waals surface area contributed by atoms with Gasteiger partial charge in [0, 0.05) is 55.4 Å². The molecule has 41 heavy (non-hydrogen) atoms. The van der Waals surface area contributed by atoms with Crippen LogP contribution in [0.2, 0.25) is 0 Å². The van der Waals surface area contributed by atoms with Gasteiger partial charge in [0.1, 0.15) is 18.2 Å². The first kappa shape index (κ1) is 28.3. The molecule has 0 aliphatic carbocycles. The van der Waals surface area contributed by atoms with Crippen molar-refractivity contribution in [1.82, 2.24) is 30.2 Å². The van der Waals surface area contributed by atoms with Gasteiger partial charge in [-0.05, 0) is 40.3 Å². The van der Waals surface area contributed by atoms with E-state index in [1.807, 2.05) is 29.2 Å². The van der Waals surface area contributed by atoms with Crippen LogP contribution >= 0.6 is 0 Å². The molecule has 2 N–H and O–H groups in total. The summed E-state index contributed by atoms with van der Waals surface area (Å²) in [6.07, 6.45) is -10.2. The summed E-state index contributed by atoms with van der Waals surface area (Å²) in [6.45, 7) is 2.52. The van der Waals surface area contributed by atoms with Crippen molar-refractivity contribution < 1.29 is 32.2 Å². The summed E-state index contributed by atoms with van der Waals surface area (Å²) in [5, 5.41) is 29.3. The van der Waals surface area contributed by atoms with Crippen molar-refractivity contribution in [3.8, 4) is 11.1 Å². The van der Waals surface area contributed by atoms with Gasteiger partial charge in [-0.15, -0.1) is 5.10 Å². The number of aliphatic hydroxyl groups excluding tert-OH is 2. The first-order valence-electron chi connectivity index (χ1n) is 12.6. The van der Waals surface area contributed by atoms with E-state index in [0.29, 0.717) is 42.2 Å². The summed E-state index contributed by atoms with van der Waals surface area (Å²) in [6, 6.07) is 13.4. The number of aromatic nitrogens is 6. The minimum atomic E-state index is -4.75. The van der Waals surface area contributed by atoms with Crippen molar-refractivity contribution in [2.45, 2.75) is 30.9 Å². The lowest BCUT2D eigenvalue weighted by Crippen LogP contribution is -2.46. The smallest absolute Gasteiger partial charge is 0.385 e. The monoisotopic (exact) mass is 576 g/mol. The molecule has 15 heteroatoms. The highest BCUT2D eigenvalue weighted by atomic mass is 19.4. The topological polar surface area (TPSA) is 116 Å². The van der Waals surface area contributed by atoms with Crippen molar-refractivity contribution in [2.24, 2.45) is 0 Å². The van der Waals surface area contributed by atoms with Gasteiger partial charge in [0.05, 0.1) is 5.69 Å². The molecule has 1 aliphatic rings. The van der Waals surface area contributed by atoms with E-state index < -0.39 is 30.9 Å². The van der Waals surface area contributed by atoms with E-state index in [9.17, 15) is 32.2 Å². The lowest BCUT2D eigenvalue weighted by Gasteiger charge is -2.36. The van der Waals surface area contributed by atoms with Crippen molar-refractivity contribution in [3.05, 3.63) is 78.5 Å². The van der Waals surface area contributed by atoms with Gasteiger partial charge in [0.25, 0.3) is 0 Å². The standard InChI is InChI=1S/C26H25F5N8O2/c27-22(23(40)25(28)39-15-34-35-36-39)20-7-3-17(13-32-20)16-1-5-19(6-2-16)37-9-11-38(12-10-37)21-8-4-18(14-33-21)24(41)26(29,30)31/h1-8,13-15,22-25,40-41H,9-12H2. The fourth-order valence-corrected chi connectivity index (χ4v) is 4.49. The van der Waals surface area contributed by atoms with E-state index in [0.717, 1.165) is 23.8 Å². The van der Waals surface area contributed by atoms with Crippen LogP contribution in [0.1, 0.15) is 29.8 Å². The molecule has 3 aromatic heterocycles. The van der Waals surface area contributed by atoms with Crippen LogP contribution in [0.4, 0.5) is 33.5 Å². The van der Waals surface area contributed by atoms with Gasteiger partial charge in [0.2, 0.25) is 6.30 Å². The molecular weight excluding hydrogens is 551 g/mol. The number of nitrogens with zero attached hydrogens (tertiary/aromatic N) is 8. The molecule has 1 aliphatic heterocycles. The predicted octanol–water partition coefficient (Wildman–Crippen LogP) is 3.59. The number of hydrogen-bond donors (Lipinski definition) is 2. The second-order valence-corrected chi connectivity index (χ2v) is 9.44. The molecule has 1 fully saturated rings. The molecular formula is C26H25F5N8O2. The number of alkyl halides is 5. The van der Waals surface area contributed by atoms with Gasteiger partial charge in [-0.2, -0.15) is 17.9 Å². The molecule has 0 amide bonds. The Bertz CT molecular complexity index is 1400. The summed E-state index contributed by atoms with van der Waals surface area (Å²) in [5.74, 6) is 0.537. The molecule has 216 valence electrons. The maximum Gasteiger partial charge on any atom is 0.418 e. The summed E-state index contributed by atoms with van der Waals surface area (Å²) in [7, 11) is 0. The zero-order chi connectivity index (χ0) is 29.1. The van der Waals surface area contributed by atoms with Crippen LogP contribution in [0.15, 0.2) is 67.3 Å². The molecule has 0 radical (unpaired) electrons. The number of tetrazole rings is 1. The third-order valence-corrected chi connectivity index (χ3v) is 6.83. The van der Waals surface area contributed by atoms with Crippen LogP contribution in [0, 0.1) is 0 Å². The number of hydrogen-bond acceptors (Lipinski definition) is 9. The van der Waals surface area contributed by atoms with Gasteiger partial charge >= 0.3 is 6.18 Å². The number of benzene rings is 1. The van der Waals surface area contributed by atoms with Crippen LogP contribution in [0.5, 0.6) is 0 Å². The fraction of sp³-hybridized carbons (Fsp3) is 0.346. The number of aliphatic hydroxyl groups is 2. The Morgan fingerprint density at radius 1 is 0.780 bits per heavy atom. The Kier molecular flexibility index (Phi) is 8.08. The van der Waals surface area contributed by atoms with Crippen molar-refractivity contribution in [1.29, 1.82) is 0 Å². The largest absolute Gasteiger partial charge is 0.418 e. The Balaban J connectivity index is 1.16. The predicted molar refractivity (Wildman–Crippen MR) is 137 cm³/mol. The van der Waals surface area contributed by atoms with Crippen molar-refractivity contribution in [3.63, 3.8) is 0 Å². The summed E-state index contributed by atoms with van der Waals surface area (Å²) < 4.78 is 67.7. The SMILES string of the molecule is OC(C(F)c1ccc(-c2ccc(N3CCN(c4ccc(C(O)C(F)(F)F)cn4)CC3)cc2)cn1)C(F)n1cnnn1. The number of pyridine rings is 2. The molecule has 0 bridgehead atoms. The van der Waals surface area contributed by atoms with Crippen LogP contribution in [-0.2, 0) is 0 Å². The lowest BCUT2D eigenvalue weighted by atomic mass is 10.0. The Morgan fingerprint density at radius 2 is 1.46 bits per heavy atom. The Morgan fingerprint density at radius 3 is 2.02 bits per heavy atom. The molecule has 1 saturated heterocycles. The highest BCUT2D eigenvalue weighted by Gasteiger charge is 2.39. The third-order valence-electron chi connectivity index (χ3n) is 6.83. The molecule has 4 heterocycles. The minimum Gasteiger partial charge on any atom is -0.385 e. The third kappa shape index (κ3) is 6.25. The summed E-state index contributed by atoms with van der Waals surface area (Å²) in [5.41, 5.74) is 2.06. The average Bonchev–Trinajstić information content (AvgIpc) is 3.55. The fourth-order valence-electron chi connectivity index (χ4n) is 4.49. The van der Waals surface area contributed by atoms with E-state index in [2.05, 4.69) is 30.4 Å². The minimum absolute atomic E-state index is 0.132. The highest BCUT2D eigenvalue weighted by molar-refractivity contribution is 5.66. The van der Waals surface area contributed by atoms with Crippen LogP contribution in [0.3, 0.4) is 0 Å². The van der Waals surface area contributed by atoms with E-state index in [1.54, 1.807) is 6.07 Å². The Labute approximate surface area is 230 Å². The first-order valence-corrected chi connectivity index (χ1v) is 12.6. The van der Waals surface area contributed by atoms with E-state index in [4.69, 9.17) is 0 Å². The van der Waals surface area contributed by atoms with E-state index in [-0.39, 0.29) is 11.3 Å². The van der Waals surface area contributed by atoms with Crippen LogP contribution in [0.25, 0.3) is 11.1 Å². The van der Waals surface area contributed by atoms with Crippen LogP contribution in [-0.4, -0.2) is 78.8 Å². The molecule has 5 rings (SSSR count).